The van der Waals surface area contributed by atoms with E-state index in [1.54, 1.807) is 0 Å². The summed E-state index contributed by atoms with van der Waals surface area (Å²) < 4.78 is 5.49. The Labute approximate surface area is 73.8 Å². The van der Waals surface area contributed by atoms with Gasteiger partial charge >= 0.3 is 0 Å². The average molecular weight is 167 g/mol. The van der Waals surface area contributed by atoms with Gasteiger partial charge in [0, 0.05) is 12.0 Å². The Hall–Kier alpha value is -0.760. The van der Waals surface area contributed by atoms with Crippen molar-refractivity contribution in [2.75, 3.05) is 0 Å². The van der Waals surface area contributed by atoms with Gasteiger partial charge in [0.1, 0.15) is 11.5 Å². The Kier molecular flexibility index (Phi) is 2.93. The lowest BCUT2D eigenvalue weighted by Crippen LogP contribution is -2.25. The van der Waals surface area contributed by atoms with Crippen molar-refractivity contribution in [3.63, 3.8) is 0 Å². The van der Waals surface area contributed by atoms with Crippen molar-refractivity contribution in [1.29, 1.82) is 0 Å². The molecule has 68 valence electrons. The summed E-state index contributed by atoms with van der Waals surface area (Å²) in [5.41, 5.74) is 5.90. The second-order valence-corrected chi connectivity index (χ2v) is 3.31. The maximum absolute atomic E-state index is 5.90. The summed E-state index contributed by atoms with van der Waals surface area (Å²) in [5.74, 6) is 2.28. The molecule has 0 aliphatic heterocycles. The standard InChI is InChI=1S/C10H17NO/c1-4-9(11)8(3)10-6-5-7(2)12-10/h5-6,8-9H,4,11H2,1-3H3. The summed E-state index contributed by atoms with van der Waals surface area (Å²) >= 11 is 0. The highest BCUT2D eigenvalue weighted by Gasteiger charge is 2.15. The van der Waals surface area contributed by atoms with E-state index >= 15 is 0 Å². The van der Waals surface area contributed by atoms with Crippen LogP contribution >= 0.6 is 0 Å². The first kappa shape index (κ1) is 9.33. The minimum Gasteiger partial charge on any atom is -0.466 e. The molecule has 0 spiro atoms. The van der Waals surface area contributed by atoms with Gasteiger partial charge in [-0.1, -0.05) is 13.8 Å². The topological polar surface area (TPSA) is 39.2 Å². The van der Waals surface area contributed by atoms with E-state index in [9.17, 15) is 0 Å². The minimum atomic E-state index is 0.204. The third-order valence-electron chi connectivity index (χ3n) is 2.32. The molecular weight excluding hydrogens is 150 g/mol. The van der Waals surface area contributed by atoms with Crippen LogP contribution in [0.1, 0.15) is 37.7 Å². The van der Waals surface area contributed by atoms with Crippen molar-refractivity contribution < 1.29 is 4.42 Å². The van der Waals surface area contributed by atoms with Crippen molar-refractivity contribution in [1.82, 2.24) is 0 Å². The van der Waals surface area contributed by atoms with Crippen LogP contribution in [0.4, 0.5) is 0 Å². The molecule has 2 nitrogen and oxygen atoms in total. The van der Waals surface area contributed by atoms with Gasteiger partial charge in [0.2, 0.25) is 0 Å². The van der Waals surface area contributed by atoms with Gasteiger partial charge in [0.15, 0.2) is 0 Å². The van der Waals surface area contributed by atoms with Crippen LogP contribution in [0.2, 0.25) is 0 Å². The van der Waals surface area contributed by atoms with Crippen molar-refractivity contribution in [3.05, 3.63) is 23.7 Å². The Morgan fingerprint density at radius 3 is 2.58 bits per heavy atom. The fraction of sp³-hybridized carbons (Fsp3) is 0.600. The number of rotatable bonds is 3. The van der Waals surface area contributed by atoms with Crippen LogP contribution in [0.15, 0.2) is 16.5 Å². The van der Waals surface area contributed by atoms with E-state index in [0.717, 1.165) is 17.9 Å². The molecule has 0 amide bonds. The number of furan rings is 1. The summed E-state index contributed by atoms with van der Waals surface area (Å²) in [6.07, 6.45) is 0.987. The van der Waals surface area contributed by atoms with E-state index in [-0.39, 0.29) is 6.04 Å². The highest BCUT2D eigenvalue weighted by atomic mass is 16.3. The molecule has 12 heavy (non-hydrogen) atoms. The van der Waals surface area contributed by atoms with Crippen LogP contribution in [-0.2, 0) is 0 Å². The first-order chi connectivity index (χ1) is 5.65. The molecule has 1 heterocycles. The second kappa shape index (κ2) is 3.76. The molecule has 0 aliphatic rings. The molecular formula is C10H17NO. The minimum absolute atomic E-state index is 0.204. The fourth-order valence-electron chi connectivity index (χ4n) is 1.26. The summed E-state index contributed by atoms with van der Waals surface area (Å²) in [6, 6.07) is 4.19. The lowest BCUT2D eigenvalue weighted by atomic mass is 9.98. The highest BCUT2D eigenvalue weighted by Crippen LogP contribution is 2.21. The van der Waals surface area contributed by atoms with E-state index in [1.807, 2.05) is 19.1 Å². The van der Waals surface area contributed by atoms with Crippen LogP contribution in [0.5, 0.6) is 0 Å². The molecule has 1 aromatic heterocycles. The van der Waals surface area contributed by atoms with Crippen LogP contribution in [0, 0.1) is 6.92 Å². The monoisotopic (exact) mass is 167 g/mol. The fourth-order valence-corrected chi connectivity index (χ4v) is 1.26. The Morgan fingerprint density at radius 1 is 1.50 bits per heavy atom. The smallest absolute Gasteiger partial charge is 0.108 e. The molecule has 2 atom stereocenters. The molecule has 0 aliphatic carbocycles. The Morgan fingerprint density at radius 2 is 2.17 bits per heavy atom. The van der Waals surface area contributed by atoms with E-state index in [1.165, 1.54) is 0 Å². The van der Waals surface area contributed by atoms with Gasteiger partial charge in [-0.25, -0.2) is 0 Å². The number of nitrogens with two attached hydrogens (primary N) is 1. The molecule has 1 aromatic rings. The van der Waals surface area contributed by atoms with Gasteiger partial charge in [-0.3, -0.25) is 0 Å². The summed E-state index contributed by atoms with van der Waals surface area (Å²) in [6.45, 7) is 6.15. The van der Waals surface area contributed by atoms with E-state index in [2.05, 4.69) is 13.8 Å². The lowest BCUT2D eigenvalue weighted by molar-refractivity contribution is 0.414. The van der Waals surface area contributed by atoms with Crippen LogP contribution < -0.4 is 5.73 Å². The number of aryl methyl sites for hydroxylation is 1. The predicted octanol–water partition coefficient (Wildman–Crippen LogP) is 2.43. The summed E-state index contributed by atoms with van der Waals surface area (Å²) in [4.78, 5) is 0. The third-order valence-corrected chi connectivity index (χ3v) is 2.32. The van der Waals surface area contributed by atoms with E-state index in [4.69, 9.17) is 10.2 Å². The molecule has 0 saturated carbocycles. The van der Waals surface area contributed by atoms with E-state index < -0.39 is 0 Å². The normalized spacial score (nSPS) is 16.0. The molecule has 2 heteroatoms. The largest absolute Gasteiger partial charge is 0.466 e. The van der Waals surface area contributed by atoms with Crippen molar-refractivity contribution in [3.8, 4) is 0 Å². The summed E-state index contributed by atoms with van der Waals surface area (Å²) in [5, 5.41) is 0. The molecule has 0 radical (unpaired) electrons. The zero-order valence-corrected chi connectivity index (χ0v) is 8.00. The number of hydrogen-bond donors (Lipinski definition) is 1. The Balaban J connectivity index is 2.70. The predicted molar refractivity (Wildman–Crippen MR) is 50.1 cm³/mol. The second-order valence-electron chi connectivity index (χ2n) is 3.31. The van der Waals surface area contributed by atoms with Crippen LogP contribution in [0.3, 0.4) is 0 Å². The summed E-state index contributed by atoms with van der Waals surface area (Å²) in [7, 11) is 0. The van der Waals surface area contributed by atoms with Gasteiger partial charge in [-0.15, -0.1) is 0 Å². The van der Waals surface area contributed by atoms with Gasteiger partial charge < -0.3 is 10.2 Å². The number of hydrogen-bond acceptors (Lipinski definition) is 2. The van der Waals surface area contributed by atoms with E-state index in [0.29, 0.717) is 5.92 Å². The SMILES string of the molecule is CCC(N)C(C)c1ccc(C)o1. The lowest BCUT2D eigenvalue weighted by Gasteiger charge is -2.15. The molecule has 2 unspecified atom stereocenters. The molecule has 0 aromatic carbocycles. The van der Waals surface area contributed by atoms with Gasteiger partial charge in [0.25, 0.3) is 0 Å². The maximum Gasteiger partial charge on any atom is 0.108 e. The quantitative estimate of drug-likeness (QED) is 0.751. The van der Waals surface area contributed by atoms with Gasteiger partial charge in [0.05, 0.1) is 0 Å². The van der Waals surface area contributed by atoms with Crippen molar-refractivity contribution >= 4 is 0 Å². The molecule has 0 fully saturated rings. The van der Waals surface area contributed by atoms with Gasteiger partial charge in [-0.2, -0.15) is 0 Å². The highest BCUT2D eigenvalue weighted by molar-refractivity contribution is 5.11. The van der Waals surface area contributed by atoms with Gasteiger partial charge in [-0.05, 0) is 25.5 Å². The average Bonchev–Trinajstić information content (AvgIpc) is 2.49. The molecule has 2 N–H and O–H groups in total. The molecule has 0 saturated heterocycles. The first-order valence-electron chi connectivity index (χ1n) is 4.47. The zero-order chi connectivity index (χ0) is 9.14. The van der Waals surface area contributed by atoms with Crippen LogP contribution in [0.25, 0.3) is 0 Å². The maximum atomic E-state index is 5.90. The zero-order valence-electron chi connectivity index (χ0n) is 8.00. The molecule has 0 bridgehead atoms. The molecule has 1 rings (SSSR count). The Bertz CT molecular complexity index is 242. The third kappa shape index (κ3) is 1.89. The van der Waals surface area contributed by atoms with Crippen LogP contribution in [-0.4, -0.2) is 6.04 Å². The van der Waals surface area contributed by atoms with Crippen molar-refractivity contribution in [2.45, 2.75) is 39.2 Å². The first-order valence-corrected chi connectivity index (χ1v) is 4.47. The van der Waals surface area contributed by atoms with Crippen molar-refractivity contribution in [2.24, 2.45) is 5.73 Å².